The van der Waals surface area contributed by atoms with Crippen molar-refractivity contribution in [2.75, 3.05) is 13.7 Å². The molecule has 0 saturated heterocycles. The number of nitrogens with one attached hydrogen (secondary N) is 1. The number of likely N-dealkylation sites (N-methyl/N-ethyl adjacent to an activating group) is 1. The zero-order chi connectivity index (χ0) is 13.5. The van der Waals surface area contributed by atoms with Gasteiger partial charge in [0.2, 0.25) is 0 Å². The van der Waals surface area contributed by atoms with Crippen LogP contribution in [0.25, 0.3) is 6.08 Å². The molecule has 0 aliphatic heterocycles. The third-order valence-corrected chi connectivity index (χ3v) is 3.55. The highest BCUT2D eigenvalue weighted by atomic mass is 79.9. The highest BCUT2D eigenvalue weighted by Gasteiger charge is 2.08. The van der Waals surface area contributed by atoms with E-state index in [4.69, 9.17) is 4.74 Å². The molecule has 0 fully saturated rings. The molecular weight excluding hydrogens is 358 g/mol. The van der Waals surface area contributed by atoms with Crippen molar-refractivity contribution < 1.29 is 4.74 Å². The SMILES string of the molecule is CCCOc1c(Br)cc(Br)cc1/C=C/C(C)NC. The first-order valence-corrected chi connectivity index (χ1v) is 7.64. The highest BCUT2D eigenvalue weighted by Crippen LogP contribution is 2.34. The summed E-state index contributed by atoms with van der Waals surface area (Å²) >= 11 is 7.05. The number of rotatable bonds is 6. The first-order chi connectivity index (χ1) is 8.58. The van der Waals surface area contributed by atoms with E-state index in [0.717, 1.165) is 33.3 Å². The number of hydrogen-bond donors (Lipinski definition) is 1. The monoisotopic (exact) mass is 375 g/mol. The summed E-state index contributed by atoms with van der Waals surface area (Å²) in [6, 6.07) is 4.40. The van der Waals surface area contributed by atoms with Crippen LogP contribution in [-0.2, 0) is 0 Å². The van der Waals surface area contributed by atoms with E-state index in [1.165, 1.54) is 0 Å². The summed E-state index contributed by atoms with van der Waals surface area (Å²) in [7, 11) is 1.94. The minimum atomic E-state index is 0.335. The molecule has 0 heterocycles. The Kier molecular flexibility index (Phi) is 6.97. The fourth-order valence-electron chi connectivity index (χ4n) is 1.40. The Morgan fingerprint density at radius 1 is 1.39 bits per heavy atom. The Morgan fingerprint density at radius 2 is 2.11 bits per heavy atom. The Labute approximate surface area is 126 Å². The molecule has 0 radical (unpaired) electrons. The lowest BCUT2D eigenvalue weighted by Crippen LogP contribution is -2.17. The summed E-state index contributed by atoms with van der Waals surface area (Å²) in [6.07, 6.45) is 5.20. The van der Waals surface area contributed by atoms with Crippen molar-refractivity contribution in [1.82, 2.24) is 5.32 Å². The van der Waals surface area contributed by atoms with Crippen molar-refractivity contribution in [3.63, 3.8) is 0 Å². The van der Waals surface area contributed by atoms with Crippen molar-refractivity contribution in [2.24, 2.45) is 0 Å². The maximum Gasteiger partial charge on any atom is 0.140 e. The molecule has 0 aliphatic carbocycles. The van der Waals surface area contributed by atoms with E-state index in [1.54, 1.807) is 0 Å². The fraction of sp³-hybridized carbons (Fsp3) is 0.429. The smallest absolute Gasteiger partial charge is 0.140 e. The van der Waals surface area contributed by atoms with Crippen molar-refractivity contribution in [3.05, 3.63) is 32.7 Å². The molecule has 0 aromatic heterocycles. The van der Waals surface area contributed by atoms with Gasteiger partial charge in [0, 0.05) is 16.1 Å². The van der Waals surface area contributed by atoms with Crippen LogP contribution in [0.3, 0.4) is 0 Å². The van der Waals surface area contributed by atoms with Crippen molar-refractivity contribution in [3.8, 4) is 5.75 Å². The molecule has 0 saturated carbocycles. The van der Waals surface area contributed by atoms with E-state index in [9.17, 15) is 0 Å². The molecule has 1 unspecified atom stereocenters. The Bertz CT molecular complexity index is 419. The molecule has 0 amide bonds. The van der Waals surface area contributed by atoms with Crippen molar-refractivity contribution in [1.29, 1.82) is 0 Å². The number of halogens is 2. The first kappa shape index (κ1) is 15.7. The van der Waals surface area contributed by atoms with Gasteiger partial charge in [-0.1, -0.05) is 35.0 Å². The van der Waals surface area contributed by atoms with Crippen LogP contribution in [0.5, 0.6) is 5.75 Å². The molecule has 1 aromatic carbocycles. The van der Waals surface area contributed by atoms with Gasteiger partial charge < -0.3 is 10.1 Å². The van der Waals surface area contributed by atoms with E-state index in [1.807, 2.05) is 13.1 Å². The normalized spacial score (nSPS) is 12.9. The molecule has 0 spiro atoms. The van der Waals surface area contributed by atoms with Gasteiger partial charge in [0.05, 0.1) is 11.1 Å². The maximum absolute atomic E-state index is 5.80. The van der Waals surface area contributed by atoms with Crippen LogP contribution in [-0.4, -0.2) is 19.7 Å². The van der Waals surface area contributed by atoms with Gasteiger partial charge in [0.15, 0.2) is 0 Å². The zero-order valence-corrected chi connectivity index (χ0v) is 14.1. The second-order valence-electron chi connectivity index (χ2n) is 4.09. The highest BCUT2D eigenvalue weighted by molar-refractivity contribution is 9.11. The van der Waals surface area contributed by atoms with Crippen molar-refractivity contribution >= 4 is 37.9 Å². The molecule has 18 heavy (non-hydrogen) atoms. The fourth-order valence-corrected chi connectivity index (χ4v) is 2.78. The molecule has 100 valence electrons. The van der Waals surface area contributed by atoms with E-state index < -0.39 is 0 Å². The standard InChI is InChI=1S/C14H19Br2NO/c1-4-7-18-14-11(6-5-10(2)17-3)8-12(15)9-13(14)16/h5-6,8-10,17H,4,7H2,1-3H3/b6-5+. The van der Waals surface area contributed by atoms with Crippen LogP contribution in [0.4, 0.5) is 0 Å². The van der Waals surface area contributed by atoms with Crippen LogP contribution < -0.4 is 10.1 Å². The third kappa shape index (κ3) is 4.75. The zero-order valence-electron chi connectivity index (χ0n) is 11.0. The Hall–Kier alpha value is -0.320. The summed E-state index contributed by atoms with van der Waals surface area (Å²) in [6.45, 7) is 4.93. The maximum atomic E-state index is 5.80. The molecule has 1 rings (SSSR count). The predicted molar refractivity (Wildman–Crippen MR) is 85.2 cm³/mol. The van der Waals surface area contributed by atoms with E-state index >= 15 is 0 Å². The Morgan fingerprint density at radius 3 is 2.72 bits per heavy atom. The average molecular weight is 377 g/mol. The van der Waals surface area contributed by atoms with Crippen LogP contribution in [0.2, 0.25) is 0 Å². The third-order valence-electron chi connectivity index (χ3n) is 2.51. The van der Waals surface area contributed by atoms with Gasteiger partial charge in [-0.2, -0.15) is 0 Å². The summed E-state index contributed by atoms with van der Waals surface area (Å²) in [5.74, 6) is 0.902. The molecular formula is C14H19Br2NO. The van der Waals surface area contributed by atoms with Crippen LogP contribution in [0.1, 0.15) is 25.8 Å². The van der Waals surface area contributed by atoms with Crippen LogP contribution >= 0.6 is 31.9 Å². The molecule has 0 aliphatic rings. The topological polar surface area (TPSA) is 21.3 Å². The van der Waals surface area contributed by atoms with Crippen molar-refractivity contribution in [2.45, 2.75) is 26.3 Å². The molecule has 1 aromatic rings. The van der Waals surface area contributed by atoms with Gasteiger partial charge in [-0.3, -0.25) is 0 Å². The molecule has 4 heteroatoms. The van der Waals surface area contributed by atoms with Gasteiger partial charge in [0.25, 0.3) is 0 Å². The number of benzene rings is 1. The van der Waals surface area contributed by atoms with E-state index in [-0.39, 0.29) is 0 Å². The van der Waals surface area contributed by atoms with Crippen LogP contribution in [0, 0.1) is 0 Å². The number of ether oxygens (including phenoxy) is 1. The molecule has 2 nitrogen and oxygen atoms in total. The summed E-state index contributed by atoms with van der Waals surface area (Å²) in [5.41, 5.74) is 1.08. The van der Waals surface area contributed by atoms with Gasteiger partial charge in [0.1, 0.15) is 5.75 Å². The lowest BCUT2D eigenvalue weighted by atomic mass is 10.1. The number of hydrogen-bond acceptors (Lipinski definition) is 2. The average Bonchev–Trinajstić information content (AvgIpc) is 2.34. The van der Waals surface area contributed by atoms with Gasteiger partial charge in [-0.15, -0.1) is 0 Å². The van der Waals surface area contributed by atoms with Gasteiger partial charge >= 0.3 is 0 Å². The first-order valence-electron chi connectivity index (χ1n) is 6.05. The van der Waals surface area contributed by atoms with Gasteiger partial charge in [-0.05, 0) is 48.5 Å². The molecule has 0 bridgehead atoms. The minimum absolute atomic E-state index is 0.335. The van der Waals surface area contributed by atoms with Gasteiger partial charge in [-0.25, -0.2) is 0 Å². The summed E-state index contributed by atoms with van der Waals surface area (Å²) in [4.78, 5) is 0. The quantitative estimate of drug-likeness (QED) is 0.781. The Balaban J connectivity index is 3.02. The lowest BCUT2D eigenvalue weighted by molar-refractivity contribution is 0.315. The molecule has 1 atom stereocenters. The summed E-state index contributed by atoms with van der Waals surface area (Å²) in [5, 5.41) is 3.18. The van der Waals surface area contributed by atoms with E-state index in [2.05, 4.69) is 69.2 Å². The largest absolute Gasteiger partial charge is 0.492 e. The second kappa shape index (κ2) is 7.97. The summed E-state index contributed by atoms with van der Waals surface area (Å²) < 4.78 is 7.81. The molecule has 1 N–H and O–H groups in total. The van der Waals surface area contributed by atoms with E-state index in [0.29, 0.717) is 6.04 Å². The minimum Gasteiger partial charge on any atom is -0.492 e. The predicted octanol–water partition coefficient (Wildman–Crippen LogP) is 4.62. The second-order valence-corrected chi connectivity index (χ2v) is 5.86. The van der Waals surface area contributed by atoms with Crippen LogP contribution in [0.15, 0.2) is 27.2 Å². The lowest BCUT2D eigenvalue weighted by Gasteiger charge is -2.12.